The van der Waals surface area contributed by atoms with E-state index in [-0.39, 0.29) is 0 Å². The zero-order valence-corrected chi connectivity index (χ0v) is 11.3. The van der Waals surface area contributed by atoms with Crippen LogP contribution in [-0.2, 0) is 6.42 Å². The molecule has 1 nitrogen and oxygen atoms in total. The quantitative estimate of drug-likeness (QED) is 0.766. The minimum atomic E-state index is 1.15. The summed E-state index contributed by atoms with van der Waals surface area (Å²) >= 11 is 0. The van der Waals surface area contributed by atoms with Gasteiger partial charge in [0.05, 0.1) is 0 Å². The first kappa shape index (κ1) is 12.8. The lowest BCUT2D eigenvalue weighted by Crippen LogP contribution is -2.13. The van der Waals surface area contributed by atoms with Crippen molar-refractivity contribution in [3.05, 3.63) is 60.2 Å². The minimum absolute atomic E-state index is 1.15. The molecule has 0 aliphatic carbocycles. The topological polar surface area (TPSA) is 3.24 Å². The molecule has 1 heteroatoms. The molecule has 0 aromatic heterocycles. The van der Waals surface area contributed by atoms with E-state index < -0.39 is 0 Å². The van der Waals surface area contributed by atoms with Crippen LogP contribution < -0.4 is 0 Å². The van der Waals surface area contributed by atoms with Crippen molar-refractivity contribution >= 4 is 0 Å². The van der Waals surface area contributed by atoms with Gasteiger partial charge < -0.3 is 4.90 Å². The standard InChI is InChI=1S/C17H21N/c1-18(2)13-7-9-15-8-6-12-17(14-15)16-10-4-3-5-11-16/h3-6,8,10-12,14H,7,9,13H2,1-2H3. The van der Waals surface area contributed by atoms with Crippen molar-refractivity contribution in [3.63, 3.8) is 0 Å². The highest BCUT2D eigenvalue weighted by Gasteiger charge is 1.99. The Kier molecular flexibility index (Phi) is 4.54. The summed E-state index contributed by atoms with van der Waals surface area (Å²) in [6.07, 6.45) is 2.37. The Morgan fingerprint density at radius 1 is 0.833 bits per heavy atom. The van der Waals surface area contributed by atoms with Crippen molar-refractivity contribution in [1.29, 1.82) is 0 Å². The molecule has 0 aliphatic heterocycles. The van der Waals surface area contributed by atoms with Crippen LogP contribution in [0.1, 0.15) is 12.0 Å². The lowest BCUT2D eigenvalue weighted by atomic mass is 10.0. The van der Waals surface area contributed by atoms with Gasteiger partial charge in [0.25, 0.3) is 0 Å². The molecule has 0 radical (unpaired) electrons. The van der Waals surface area contributed by atoms with Gasteiger partial charge in [-0.25, -0.2) is 0 Å². The monoisotopic (exact) mass is 239 g/mol. The Labute approximate surface area is 110 Å². The number of benzene rings is 2. The molecule has 0 aliphatic rings. The Bertz CT molecular complexity index is 474. The molecule has 2 aromatic rings. The normalized spacial score (nSPS) is 10.8. The van der Waals surface area contributed by atoms with Gasteiger partial charge in [0.2, 0.25) is 0 Å². The fourth-order valence-corrected chi connectivity index (χ4v) is 2.14. The van der Waals surface area contributed by atoms with Crippen molar-refractivity contribution in [2.75, 3.05) is 20.6 Å². The molecule has 2 rings (SSSR count). The van der Waals surface area contributed by atoms with Crippen LogP contribution in [-0.4, -0.2) is 25.5 Å². The van der Waals surface area contributed by atoms with Gasteiger partial charge in [0.1, 0.15) is 0 Å². The first-order chi connectivity index (χ1) is 8.75. The van der Waals surface area contributed by atoms with Gasteiger partial charge in [-0.2, -0.15) is 0 Å². The Hall–Kier alpha value is -1.60. The molecular weight excluding hydrogens is 218 g/mol. The fraction of sp³-hybridized carbons (Fsp3) is 0.294. The summed E-state index contributed by atoms with van der Waals surface area (Å²) in [4.78, 5) is 2.24. The number of hydrogen-bond donors (Lipinski definition) is 0. The van der Waals surface area contributed by atoms with Gasteiger partial charge in [-0.3, -0.25) is 0 Å². The highest BCUT2D eigenvalue weighted by Crippen LogP contribution is 2.20. The van der Waals surface area contributed by atoms with E-state index in [1.54, 1.807) is 0 Å². The zero-order chi connectivity index (χ0) is 12.8. The smallest absolute Gasteiger partial charge is 0.00217 e. The van der Waals surface area contributed by atoms with Crippen molar-refractivity contribution in [1.82, 2.24) is 4.90 Å². The molecule has 0 fully saturated rings. The summed E-state index contributed by atoms with van der Waals surface area (Å²) in [5, 5.41) is 0. The van der Waals surface area contributed by atoms with E-state index in [9.17, 15) is 0 Å². The average molecular weight is 239 g/mol. The minimum Gasteiger partial charge on any atom is -0.309 e. The van der Waals surface area contributed by atoms with Crippen LogP contribution in [0.15, 0.2) is 54.6 Å². The van der Waals surface area contributed by atoms with Crippen LogP contribution in [0.5, 0.6) is 0 Å². The van der Waals surface area contributed by atoms with Crippen LogP contribution in [0.3, 0.4) is 0 Å². The van der Waals surface area contributed by atoms with Crippen LogP contribution in [0.4, 0.5) is 0 Å². The summed E-state index contributed by atoms with van der Waals surface area (Å²) in [5.41, 5.74) is 4.04. The largest absolute Gasteiger partial charge is 0.309 e. The van der Waals surface area contributed by atoms with E-state index in [0.717, 1.165) is 13.0 Å². The summed E-state index contributed by atoms with van der Waals surface area (Å²) in [7, 11) is 4.25. The van der Waals surface area contributed by atoms with Crippen LogP contribution in [0.25, 0.3) is 11.1 Å². The highest BCUT2D eigenvalue weighted by atomic mass is 15.0. The van der Waals surface area contributed by atoms with Gasteiger partial charge in [-0.1, -0.05) is 54.6 Å². The first-order valence-corrected chi connectivity index (χ1v) is 6.55. The second-order valence-electron chi connectivity index (χ2n) is 4.97. The second-order valence-corrected chi connectivity index (χ2v) is 4.97. The third kappa shape index (κ3) is 3.71. The molecule has 0 unspecified atom stereocenters. The molecule has 0 heterocycles. The van der Waals surface area contributed by atoms with Gasteiger partial charge >= 0.3 is 0 Å². The van der Waals surface area contributed by atoms with E-state index in [0.29, 0.717) is 0 Å². The number of rotatable bonds is 5. The van der Waals surface area contributed by atoms with E-state index >= 15 is 0 Å². The third-order valence-corrected chi connectivity index (χ3v) is 3.10. The predicted octanol–water partition coefficient (Wildman–Crippen LogP) is 3.85. The lowest BCUT2D eigenvalue weighted by molar-refractivity contribution is 0.400. The van der Waals surface area contributed by atoms with Crippen LogP contribution in [0, 0.1) is 0 Å². The summed E-state index contributed by atoms with van der Waals surface area (Å²) < 4.78 is 0. The number of hydrogen-bond acceptors (Lipinski definition) is 1. The van der Waals surface area contributed by atoms with Crippen molar-refractivity contribution in [2.45, 2.75) is 12.8 Å². The highest BCUT2D eigenvalue weighted by molar-refractivity contribution is 5.63. The lowest BCUT2D eigenvalue weighted by Gasteiger charge is -2.09. The molecule has 0 atom stereocenters. The molecule has 2 aromatic carbocycles. The summed E-state index contributed by atoms with van der Waals surface area (Å²) in [6, 6.07) is 19.5. The number of aryl methyl sites for hydroxylation is 1. The maximum absolute atomic E-state index is 2.31. The SMILES string of the molecule is CN(C)CCCc1cccc(-c2ccccc2)c1. The molecule has 0 N–H and O–H groups in total. The van der Waals surface area contributed by atoms with E-state index in [4.69, 9.17) is 0 Å². The second kappa shape index (κ2) is 6.36. The maximum atomic E-state index is 2.31. The van der Waals surface area contributed by atoms with Crippen LogP contribution >= 0.6 is 0 Å². The Morgan fingerprint density at radius 3 is 2.28 bits per heavy atom. The molecular formula is C17H21N. The molecule has 18 heavy (non-hydrogen) atoms. The average Bonchev–Trinajstić information content (AvgIpc) is 2.40. The van der Waals surface area contributed by atoms with Crippen molar-refractivity contribution in [3.8, 4) is 11.1 Å². The van der Waals surface area contributed by atoms with Crippen molar-refractivity contribution in [2.24, 2.45) is 0 Å². The molecule has 0 bridgehead atoms. The first-order valence-electron chi connectivity index (χ1n) is 6.55. The van der Waals surface area contributed by atoms with Gasteiger partial charge in [-0.05, 0) is 50.2 Å². The van der Waals surface area contributed by atoms with Gasteiger partial charge in [-0.15, -0.1) is 0 Å². The predicted molar refractivity (Wildman–Crippen MR) is 78.8 cm³/mol. The maximum Gasteiger partial charge on any atom is -0.00217 e. The summed E-state index contributed by atoms with van der Waals surface area (Å²) in [6.45, 7) is 1.15. The molecule has 0 saturated heterocycles. The molecule has 0 saturated carbocycles. The third-order valence-electron chi connectivity index (χ3n) is 3.10. The number of nitrogens with zero attached hydrogens (tertiary/aromatic N) is 1. The van der Waals surface area contributed by atoms with Gasteiger partial charge in [0.15, 0.2) is 0 Å². The van der Waals surface area contributed by atoms with E-state index in [1.165, 1.54) is 23.1 Å². The Morgan fingerprint density at radius 2 is 1.56 bits per heavy atom. The molecule has 94 valence electrons. The fourth-order valence-electron chi connectivity index (χ4n) is 2.14. The van der Waals surface area contributed by atoms with Crippen LogP contribution in [0.2, 0.25) is 0 Å². The van der Waals surface area contributed by atoms with Crippen molar-refractivity contribution < 1.29 is 0 Å². The summed E-state index contributed by atoms with van der Waals surface area (Å²) in [5.74, 6) is 0. The molecule has 0 spiro atoms. The Balaban J connectivity index is 2.06. The van der Waals surface area contributed by atoms with E-state index in [1.807, 2.05) is 0 Å². The molecule has 0 amide bonds. The zero-order valence-electron chi connectivity index (χ0n) is 11.3. The van der Waals surface area contributed by atoms with E-state index in [2.05, 4.69) is 73.6 Å². The van der Waals surface area contributed by atoms with Gasteiger partial charge in [0, 0.05) is 0 Å².